The van der Waals surface area contributed by atoms with Gasteiger partial charge in [0.05, 0.1) is 0 Å². The molecule has 0 rings (SSSR count). The second kappa shape index (κ2) is 18.9. The van der Waals surface area contributed by atoms with E-state index in [2.05, 4.69) is 13.1 Å². The maximum Gasteiger partial charge on any atom is 0.0135 e. The molecule has 5 heavy (non-hydrogen) atoms. The fraction of sp³-hybridized carbons (Fsp3) is 1.00. The summed E-state index contributed by atoms with van der Waals surface area (Å²) >= 11 is 0. The molecule has 0 saturated heterocycles. The Morgan fingerprint density at radius 2 is 1.20 bits per heavy atom. The monoisotopic (exact) mass is 144 g/mol. The summed E-state index contributed by atoms with van der Waals surface area (Å²) in [5, 5.41) is 0. The summed E-state index contributed by atoms with van der Waals surface area (Å²) in [6.45, 7) is 4.53. The second-order valence-electron chi connectivity index (χ2n) is 0.707. The van der Waals surface area contributed by atoms with Crippen molar-refractivity contribution in [2.75, 3.05) is 0 Å². The van der Waals surface area contributed by atoms with Crippen molar-refractivity contribution in [2.45, 2.75) is 13.1 Å². The maximum absolute atomic E-state index is 2.26. The van der Waals surface area contributed by atoms with Gasteiger partial charge in [0.1, 0.15) is 0 Å². The molecule has 0 aliphatic heterocycles. The van der Waals surface area contributed by atoms with Gasteiger partial charge >= 0.3 is 0 Å². The zero-order chi connectivity index (χ0) is 2.71. The van der Waals surface area contributed by atoms with E-state index >= 15 is 0 Å². The molecule has 0 unspecified atom stereocenters. The minimum Gasteiger partial charge on any atom is -0.147 e. The van der Waals surface area contributed by atoms with Crippen LogP contribution in [0.4, 0.5) is 0 Å². The van der Waals surface area contributed by atoms with Gasteiger partial charge in [-0.25, -0.2) is 0 Å². The first-order chi connectivity index (χ1) is 1.41. The van der Waals surface area contributed by atoms with Crippen LogP contribution in [0.25, 0.3) is 0 Å². The summed E-state index contributed by atoms with van der Waals surface area (Å²) in [6.07, 6.45) is 0. The molecular formula is C2H9ClSiTi. The van der Waals surface area contributed by atoms with Crippen molar-refractivity contribution in [3.8, 4) is 0 Å². The molecule has 0 aliphatic rings. The van der Waals surface area contributed by atoms with Crippen molar-refractivity contribution < 1.29 is 21.7 Å². The van der Waals surface area contributed by atoms with Gasteiger partial charge in [0.2, 0.25) is 0 Å². The van der Waals surface area contributed by atoms with Gasteiger partial charge in [-0.3, -0.25) is 0 Å². The van der Waals surface area contributed by atoms with Crippen LogP contribution < -0.4 is 0 Å². The van der Waals surface area contributed by atoms with Crippen LogP contribution in [0.3, 0.4) is 0 Å². The molecule has 3 heteroatoms. The molecule has 0 aliphatic carbocycles. The van der Waals surface area contributed by atoms with Crippen LogP contribution in [0, 0.1) is 0 Å². The first-order valence-electron chi connectivity index (χ1n) is 1.41. The summed E-state index contributed by atoms with van der Waals surface area (Å²) in [7, 11) is 0.417. The summed E-state index contributed by atoms with van der Waals surface area (Å²) in [5.74, 6) is 0. The smallest absolute Gasteiger partial charge is 0.0135 e. The third-order valence-electron chi connectivity index (χ3n) is 0. The topological polar surface area (TPSA) is 0 Å². The molecule has 0 saturated carbocycles. The average molecular weight is 144 g/mol. The molecule has 0 nitrogen and oxygen atoms in total. The molecule has 0 heterocycles. The van der Waals surface area contributed by atoms with Gasteiger partial charge < -0.3 is 0 Å². The molecule has 0 atom stereocenters. The van der Waals surface area contributed by atoms with Crippen molar-refractivity contribution >= 4 is 21.9 Å². The quantitative estimate of drug-likeness (QED) is 0.439. The predicted octanol–water partition coefficient (Wildman–Crippen LogP) is 0.671. The summed E-state index contributed by atoms with van der Waals surface area (Å²) in [4.78, 5) is 0. The Bertz CT molecular complexity index is 9.61. The molecule has 0 aromatic heterocycles. The predicted molar refractivity (Wildman–Crippen MR) is 27.5 cm³/mol. The van der Waals surface area contributed by atoms with E-state index in [4.69, 9.17) is 0 Å². The van der Waals surface area contributed by atoms with E-state index in [1.54, 1.807) is 0 Å². The molecule has 0 radical (unpaired) electrons. The summed E-state index contributed by atoms with van der Waals surface area (Å²) in [5.41, 5.74) is 0. The molecule has 0 amide bonds. The first kappa shape index (κ1) is 16.3. The molecule has 0 aromatic rings. The van der Waals surface area contributed by atoms with E-state index in [0.717, 1.165) is 0 Å². The van der Waals surface area contributed by atoms with Crippen LogP contribution in [0.5, 0.6) is 0 Å². The number of halogens is 1. The average Bonchev–Trinajstić information content (AvgIpc) is 0.918. The Balaban J connectivity index is -0.0000000200. The van der Waals surface area contributed by atoms with Crippen molar-refractivity contribution in [1.29, 1.82) is 0 Å². The minimum atomic E-state index is 0. The van der Waals surface area contributed by atoms with Crippen molar-refractivity contribution in [1.82, 2.24) is 0 Å². The van der Waals surface area contributed by atoms with E-state index < -0.39 is 0 Å². The third kappa shape index (κ3) is 36.3. The van der Waals surface area contributed by atoms with Gasteiger partial charge in [0.15, 0.2) is 0 Å². The Morgan fingerprint density at radius 3 is 1.20 bits per heavy atom. The minimum absolute atomic E-state index is 0. The van der Waals surface area contributed by atoms with E-state index in [9.17, 15) is 0 Å². The van der Waals surface area contributed by atoms with E-state index in [-0.39, 0.29) is 34.1 Å². The van der Waals surface area contributed by atoms with Gasteiger partial charge in [0, 0.05) is 31.2 Å². The number of hydrogen-bond acceptors (Lipinski definition) is 0. The molecule has 0 spiro atoms. The van der Waals surface area contributed by atoms with Crippen molar-refractivity contribution in [3.63, 3.8) is 0 Å². The molecule has 0 aromatic carbocycles. The number of hydrogen-bond donors (Lipinski definition) is 0. The Morgan fingerprint density at radius 1 is 1.20 bits per heavy atom. The fourth-order valence-corrected chi connectivity index (χ4v) is 0. The van der Waals surface area contributed by atoms with Gasteiger partial charge in [-0.15, -0.1) is 12.4 Å². The van der Waals surface area contributed by atoms with E-state index in [0.29, 0.717) is 9.52 Å². The Labute approximate surface area is 56.8 Å². The van der Waals surface area contributed by atoms with Gasteiger partial charge in [-0.1, -0.05) is 13.1 Å². The second-order valence-corrected chi connectivity index (χ2v) is 2.12. The first-order valence-corrected chi connectivity index (χ1v) is 4.24. The Kier molecular flexibility index (Phi) is 61.6. The largest absolute Gasteiger partial charge is 0.147 e. The Hall–Kier alpha value is 1.22. The fourth-order valence-electron chi connectivity index (χ4n) is 0. The van der Waals surface area contributed by atoms with Crippen LogP contribution in [-0.4, -0.2) is 9.52 Å². The molecule has 0 bridgehead atoms. The van der Waals surface area contributed by atoms with E-state index in [1.807, 2.05) is 0 Å². The van der Waals surface area contributed by atoms with Crippen molar-refractivity contribution in [2.24, 2.45) is 0 Å². The molecular weight excluding hydrogens is 135 g/mol. The van der Waals surface area contributed by atoms with Gasteiger partial charge in [-0.2, -0.15) is 0 Å². The van der Waals surface area contributed by atoms with Crippen LogP contribution in [0.15, 0.2) is 0 Å². The standard InChI is InChI=1S/C2H8Si.ClH.Ti/c1-3-2;;/h3H2,1-2H3;1H;. The zero-order valence-corrected chi connectivity index (χ0v) is 7.41. The summed E-state index contributed by atoms with van der Waals surface area (Å²) < 4.78 is 0. The summed E-state index contributed by atoms with van der Waals surface area (Å²) in [6, 6.07) is 0. The normalized spacial score (nSPS) is 3.60. The third-order valence-corrected chi connectivity index (χ3v) is 0. The van der Waals surface area contributed by atoms with Crippen molar-refractivity contribution in [3.05, 3.63) is 0 Å². The molecule has 32 valence electrons. The van der Waals surface area contributed by atoms with Crippen LogP contribution in [0.1, 0.15) is 0 Å². The van der Waals surface area contributed by atoms with Gasteiger partial charge in [-0.05, 0) is 0 Å². The molecule has 0 N–H and O–H groups in total. The van der Waals surface area contributed by atoms with Crippen LogP contribution >= 0.6 is 12.4 Å². The number of rotatable bonds is 0. The zero-order valence-electron chi connectivity index (χ0n) is 3.62. The van der Waals surface area contributed by atoms with Crippen LogP contribution in [-0.2, 0) is 21.7 Å². The van der Waals surface area contributed by atoms with E-state index in [1.165, 1.54) is 0 Å². The molecule has 0 fully saturated rings. The van der Waals surface area contributed by atoms with Gasteiger partial charge in [0.25, 0.3) is 0 Å². The SMILES string of the molecule is C[SiH2]C.Cl.[Ti]. The maximum atomic E-state index is 2.26. The van der Waals surface area contributed by atoms with Crippen LogP contribution in [0.2, 0.25) is 13.1 Å².